The topological polar surface area (TPSA) is 65.5 Å². The molecule has 0 aliphatic carbocycles. The molecule has 1 saturated heterocycles. The van der Waals surface area contributed by atoms with Crippen molar-refractivity contribution in [3.63, 3.8) is 0 Å². The van der Waals surface area contributed by atoms with Gasteiger partial charge in [-0.15, -0.1) is 0 Å². The number of hydrogen-bond donors (Lipinski definition) is 2. The van der Waals surface area contributed by atoms with Crippen LogP contribution in [0.2, 0.25) is 0 Å². The Balaban J connectivity index is 1.47. The van der Waals surface area contributed by atoms with Gasteiger partial charge in [-0.1, -0.05) is 48.5 Å². The summed E-state index contributed by atoms with van der Waals surface area (Å²) < 4.78 is 0. The summed E-state index contributed by atoms with van der Waals surface area (Å²) in [5, 5.41) is 13.1. The molecule has 0 saturated carbocycles. The summed E-state index contributed by atoms with van der Waals surface area (Å²) in [7, 11) is 1.83. The van der Waals surface area contributed by atoms with E-state index in [1.165, 1.54) is 5.56 Å². The zero-order valence-corrected chi connectivity index (χ0v) is 16.4. The number of rotatable bonds is 6. The highest BCUT2D eigenvalue weighted by molar-refractivity contribution is 5.94. The third kappa shape index (κ3) is 4.06. The highest BCUT2D eigenvalue weighted by atomic mass is 16.3. The van der Waals surface area contributed by atoms with Crippen molar-refractivity contribution in [3.8, 4) is 11.1 Å². The predicted molar refractivity (Wildman–Crippen MR) is 114 cm³/mol. The Labute approximate surface area is 171 Å². The molecule has 148 valence electrons. The zero-order valence-electron chi connectivity index (χ0n) is 16.4. The molecule has 5 nitrogen and oxygen atoms in total. The highest BCUT2D eigenvalue weighted by Gasteiger charge is 2.41. The van der Waals surface area contributed by atoms with E-state index >= 15 is 0 Å². The molecule has 2 N–H and O–H groups in total. The number of pyridine rings is 1. The SMILES string of the molecule is CN(C[C@H]1N[C@@H](CO)[C@@H]1c1ccc(-c2cccnc2)cc1)C(=O)c1ccccc1. The quantitative estimate of drug-likeness (QED) is 0.683. The Kier molecular flexibility index (Phi) is 5.69. The van der Waals surface area contributed by atoms with Crippen LogP contribution < -0.4 is 5.32 Å². The van der Waals surface area contributed by atoms with Gasteiger partial charge in [0.15, 0.2) is 0 Å². The zero-order chi connectivity index (χ0) is 20.2. The van der Waals surface area contributed by atoms with Crippen LogP contribution in [0.5, 0.6) is 0 Å². The predicted octanol–water partition coefficient (Wildman–Crippen LogP) is 2.94. The molecule has 2 aromatic carbocycles. The van der Waals surface area contributed by atoms with Crippen LogP contribution in [-0.4, -0.2) is 53.2 Å². The lowest BCUT2D eigenvalue weighted by Gasteiger charge is -2.47. The van der Waals surface area contributed by atoms with Crippen molar-refractivity contribution in [2.75, 3.05) is 20.2 Å². The third-order valence-corrected chi connectivity index (χ3v) is 5.62. The summed E-state index contributed by atoms with van der Waals surface area (Å²) in [6, 6.07) is 21.8. The number of nitrogens with one attached hydrogen (secondary N) is 1. The first-order valence-electron chi connectivity index (χ1n) is 9.85. The Morgan fingerprint density at radius 2 is 1.76 bits per heavy atom. The monoisotopic (exact) mass is 387 g/mol. The number of nitrogens with zero attached hydrogens (tertiary/aromatic N) is 2. The molecule has 1 amide bonds. The van der Waals surface area contributed by atoms with Crippen molar-refractivity contribution >= 4 is 5.91 Å². The van der Waals surface area contributed by atoms with Gasteiger partial charge in [-0.2, -0.15) is 0 Å². The molecule has 3 aromatic rings. The van der Waals surface area contributed by atoms with Crippen molar-refractivity contribution in [1.82, 2.24) is 15.2 Å². The van der Waals surface area contributed by atoms with Gasteiger partial charge in [0.05, 0.1) is 6.61 Å². The van der Waals surface area contributed by atoms with Crippen LogP contribution in [0.25, 0.3) is 11.1 Å². The second-order valence-electron chi connectivity index (χ2n) is 7.50. The molecular formula is C24H25N3O2. The van der Waals surface area contributed by atoms with Crippen molar-refractivity contribution in [1.29, 1.82) is 0 Å². The van der Waals surface area contributed by atoms with Gasteiger partial charge in [0.1, 0.15) is 0 Å². The van der Waals surface area contributed by atoms with Gasteiger partial charge in [-0.25, -0.2) is 0 Å². The van der Waals surface area contributed by atoms with Crippen molar-refractivity contribution in [2.45, 2.75) is 18.0 Å². The maximum absolute atomic E-state index is 12.7. The lowest BCUT2D eigenvalue weighted by atomic mass is 9.77. The van der Waals surface area contributed by atoms with E-state index in [1.807, 2.05) is 55.7 Å². The number of carbonyl (C=O) groups is 1. The molecule has 4 rings (SSSR count). The Morgan fingerprint density at radius 1 is 1.00 bits per heavy atom. The Hall–Kier alpha value is -3.02. The fraction of sp³-hybridized carbons (Fsp3) is 0.250. The molecule has 1 aromatic heterocycles. The summed E-state index contributed by atoms with van der Waals surface area (Å²) in [4.78, 5) is 18.6. The molecule has 0 bridgehead atoms. The summed E-state index contributed by atoms with van der Waals surface area (Å²) in [6.45, 7) is 0.654. The first-order valence-corrected chi connectivity index (χ1v) is 9.85. The van der Waals surface area contributed by atoms with E-state index < -0.39 is 0 Å². The Bertz CT molecular complexity index is 945. The minimum atomic E-state index is 0.00414. The lowest BCUT2D eigenvalue weighted by Crippen LogP contribution is -2.64. The number of aromatic nitrogens is 1. The van der Waals surface area contributed by atoms with E-state index in [0.717, 1.165) is 11.1 Å². The van der Waals surface area contributed by atoms with Crippen LogP contribution in [0.3, 0.4) is 0 Å². The molecule has 3 atom stereocenters. The number of likely N-dealkylation sites (N-methyl/N-ethyl adjacent to an activating group) is 1. The van der Waals surface area contributed by atoms with Gasteiger partial charge in [0, 0.05) is 49.6 Å². The molecular weight excluding hydrogens is 362 g/mol. The van der Waals surface area contributed by atoms with Crippen LogP contribution >= 0.6 is 0 Å². The van der Waals surface area contributed by atoms with Gasteiger partial charge in [0.25, 0.3) is 5.91 Å². The maximum Gasteiger partial charge on any atom is 0.253 e. The van der Waals surface area contributed by atoms with E-state index in [1.54, 1.807) is 11.1 Å². The molecule has 0 spiro atoms. The van der Waals surface area contributed by atoms with Gasteiger partial charge >= 0.3 is 0 Å². The van der Waals surface area contributed by atoms with Crippen LogP contribution in [-0.2, 0) is 0 Å². The van der Waals surface area contributed by atoms with Crippen LogP contribution in [0, 0.1) is 0 Å². The molecule has 0 unspecified atom stereocenters. The lowest BCUT2D eigenvalue weighted by molar-refractivity contribution is 0.0684. The van der Waals surface area contributed by atoms with Crippen LogP contribution in [0.15, 0.2) is 79.1 Å². The van der Waals surface area contributed by atoms with Crippen molar-refractivity contribution in [3.05, 3.63) is 90.3 Å². The number of benzene rings is 2. The summed E-state index contributed by atoms with van der Waals surface area (Å²) in [5.41, 5.74) is 4.04. The second kappa shape index (κ2) is 8.55. The van der Waals surface area contributed by atoms with E-state index in [0.29, 0.717) is 12.1 Å². The van der Waals surface area contributed by atoms with Crippen molar-refractivity contribution in [2.24, 2.45) is 0 Å². The molecule has 1 aliphatic heterocycles. The van der Waals surface area contributed by atoms with E-state index in [9.17, 15) is 9.90 Å². The van der Waals surface area contributed by atoms with Gasteiger partial charge in [0.2, 0.25) is 0 Å². The summed E-state index contributed by atoms with van der Waals surface area (Å²) >= 11 is 0. The largest absolute Gasteiger partial charge is 0.395 e. The molecule has 29 heavy (non-hydrogen) atoms. The van der Waals surface area contributed by atoms with E-state index in [2.05, 4.69) is 34.6 Å². The average molecular weight is 387 g/mol. The highest BCUT2D eigenvalue weighted by Crippen LogP contribution is 2.33. The standard InChI is InChI=1S/C24H25N3O2/c1-27(24(29)19-6-3-2-4-7-19)15-21-23(22(16-28)26-21)18-11-9-17(10-12-18)20-8-5-13-25-14-20/h2-14,21-23,26,28H,15-16H2,1H3/t21-,22+,23-/m1/s1. The first kappa shape index (κ1) is 19.3. The summed E-state index contributed by atoms with van der Waals surface area (Å²) in [5.74, 6) is 0.166. The minimum Gasteiger partial charge on any atom is -0.395 e. The normalized spacial score (nSPS) is 20.7. The molecule has 1 fully saturated rings. The van der Waals surface area contributed by atoms with Crippen LogP contribution in [0.1, 0.15) is 21.8 Å². The fourth-order valence-electron chi connectivity index (χ4n) is 4.05. The fourth-order valence-corrected chi connectivity index (χ4v) is 4.05. The van der Waals surface area contributed by atoms with E-state index in [-0.39, 0.29) is 30.5 Å². The van der Waals surface area contributed by atoms with E-state index in [4.69, 9.17) is 0 Å². The second-order valence-corrected chi connectivity index (χ2v) is 7.50. The third-order valence-electron chi connectivity index (χ3n) is 5.62. The smallest absolute Gasteiger partial charge is 0.253 e. The molecule has 1 aliphatic rings. The van der Waals surface area contributed by atoms with Gasteiger partial charge < -0.3 is 15.3 Å². The van der Waals surface area contributed by atoms with Crippen LogP contribution in [0.4, 0.5) is 0 Å². The first-order chi connectivity index (χ1) is 14.2. The molecule has 0 radical (unpaired) electrons. The van der Waals surface area contributed by atoms with Gasteiger partial charge in [-0.05, 0) is 34.9 Å². The Morgan fingerprint density at radius 3 is 2.41 bits per heavy atom. The summed E-state index contributed by atoms with van der Waals surface area (Å²) in [6.07, 6.45) is 3.62. The number of aliphatic hydroxyl groups is 1. The maximum atomic E-state index is 12.7. The number of amides is 1. The van der Waals surface area contributed by atoms with Crippen molar-refractivity contribution < 1.29 is 9.90 Å². The molecule has 5 heteroatoms. The van der Waals surface area contributed by atoms with Gasteiger partial charge in [-0.3, -0.25) is 9.78 Å². The number of carbonyl (C=O) groups excluding carboxylic acids is 1. The average Bonchev–Trinajstić information content (AvgIpc) is 2.77. The number of aliphatic hydroxyl groups excluding tert-OH is 1. The minimum absolute atomic E-state index is 0.00414. The molecule has 2 heterocycles. The number of hydrogen-bond acceptors (Lipinski definition) is 4.